The molecule has 31 heavy (non-hydrogen) atoms. The summed E-state index contributed by atoms with van der Waals surface area (Å²) >= 11 is 0. The zero-order chi connectivity index (χ0) is 21.2. The Kier molecular flexibility index (Phi) is 4.84. The van der Waals surface area contributed by atoms with Crippen LogP contribution in [-0.2, 0) is 17.9 Å². The molecule has 4 aromatic rings. The largest absolute Gasteiger partial charge is 0.457 e. The Morgan fingerprint density at radius 2 is 1.77 bits per heavy atom. The number of fused-ring (bicyclic) bond motifs is 4. The van der Waals surface area contributed by atoms with Crippen molar-refractivity contribution in [2.75, 3.05) is 6.54 Å². The summed E-state index contributed by atoms with van der Waals surface area (Å²) in [5.41, 5.74) is 2.41. The summed E-state index contributed by atoms with van der Waals surface area (Å²) in [5.74, 6) is 0.763. The lowest BCUT2D eigenvalue weighted by molar-refractivity contribution is -0.120. The van der Waals surface area contributed by atoms with E-state index in [1.54, 1.807) is 18.6 Å². The summed E-state index contributed by atoms with van der Waals surface area (Å²) in [6, 6.07) is 19.0. The minimum atomic E-state index is -0.311. The van der Waals surface area contributed by atoms with Crippen LogP contribution in [0.4, 0.5) is 0 Å². The molecule has 2 amide bonds. The van der Waals surface area contributed by atoms with E-state index < -0.39 is 0 Å². The van der Waals surface area contributed by atoms with Gasteiger partial charge in [-0.1, -0.05) is 30.3 Å². The molecule has 2 heterocycles. The van der Waals surface area contributed by atoms with E-state index in [4.69, 9.17) is 4.74 Å². The van der Waals surface area contributed by atoms with Crippen LogP contribution in [0, 0.1) is 0 Å². The Balaban J connectivity index is 1.57. The van der Waals surface area contributed by atoms with Crippen LogP contribution in [0.5, 0.6) is 11.5 Å². The van der Waals surface area contributed by atoms with Crippen molar-refractivity contribution in [3.05, 3.63) is 90.0 Å². The molecule has 0 saturated carbocycles. The third-order valence-corrected chi connectivity index (χ3v) is 5.26. The number of amides is 2. The molecular formula is C24H20N4O3. The maximum Gasteiger partial charge on any atom is 0.252 e. The number of ether oxygens (including phenoxy) is 1. The summed E-state index contributed by atoms with van der Waals surface area (Å²) in [7, 11) is 0. The first-order chi connectivity index (χ1) is 15.2. The third kappa shape index (κ3) is 3.98. The molecule has 3 aromatic carbocycles. The average molecular weight is 412 g/mol. The number of hydrogen-bond acceptors (Lipinski definition) is 4. The van der Waals surface area contributed by atoms with Gasteiger partial charge < -0.3 is 19.9 Å². The van der Waals surface area contributed by atoms with Gasteiger partial charge >= 0.3 is 0 Å². The van der Waals surface area contributed by atoms with Crippen LogP contribution < -0.4 is 15.4 Å². The van der Waals surface area contributed by atoms with Gasteiger partial charge in [-0.15, -0.1) is 0 Å². The van der Waals surface area contributed by atoms with E-state index in [1.807, 2.05) is 59.2 Å². The van der Waals surface area contributed by atoms with Gasteiger partial charge in [0.1, 0.15) is 11.5 Å². The van der Waals surface area contributed by atoms with Crippen LogP contribution in [0.3, 0.4) is 0 Å². The van der Waals surface area contributed by atoms with Gasteiger partial charge in [0.05, 0.1) is 25.1 Å². The second-order valence-corrected chi connectivity index (χ2v) is 7.41. The topological polar surface area (TPSA) is 85.2 Å². The van der Waals surface area contributed by atoms with Crippen molar-refractivity contribution in [1.29, 1.82) is 0 Å². The zero-order valence-electron chi connectivity index (χ0n) is 16.7. The molecule has 7 nitrogen and oxygen atoms in total. The molecule has 2 N–H and O–H groups in total. The Morgan fingerprint density at radius 3 is 2.71 bits per heavy atom. The summed E-state index contributed by atoms with van der Waals surface area (Å²) in [5, 5.41) is 7.23. The van der Waals surface area contributed by atoms with E-state index in [0.29, 0.717) is 30.2 Å². The molecule has 0 atom stereocenters. The van der Waals surface area contributed by atoms with Crippen molar-refractivity contribution in [3.8, 4) is 11.5 Å². The predicted octanol–water partition coefficient (Wildman–Crippen LogP) is 3.24. The Bertz CT molecular complexity index is 1290. The molecule has 5 rings (SSSR count). The van der Waals surface area contributed by atoms with E-state index in [2.05, 4.69) is 15.6 Å². The fourth-order valence-electron chi connectivity index (χ4n) is 3.70. The number of hydrogen-bond donors (Lipinski definition) is 2. The number of nitrogens with zero attached hydrogens (tertiary/aromatic N) is 2. The van der Waals surface area contributed by atoms with Crippen LogP contribution in [-0.4, -0.2) is 27.9 Å². The lowest BCUT2D eigenvalue weighted by atomic mass is 10.0. The standard InChI is InChI=1S/C24H20N4O3/c29-23-13-27-24(30)21-6-2-4-17-7-8-20(10-22(17)21)31-19-5-1-3-16(9-19)14-28-15-25-11-18(28)12-26-23/h1-11,15H,12-14H2,(H,26,29)(H,27,30). The maximum atomic E-state index is 12.8. The Morgan fingerprint density at radius 1 is 0.903 bits per heavy atom. The van der Waals surface area contributed by atoms with Gasteiger partial charge in [-0.2, -0.15) is 0 Å². The lowest BCUT2D eigenvalue weighted by Gasteiger charge is -2.11. The monoisotopic (exact) mass is 412 g/mol. The van der Waals surface area contributed by atoms with Crippen molar-refractivity contribution in [3.63, 3.8) is 0 Å². The highest BCUT2D eigenvalue weighted by Crippen LogP contribution is 2.28. The van der Waals surface area contributed by atoms with Gasteiger partial charge in [0.2, 0.25) is 5.91 Å². The molecule has 0 radical (unpaired) electrons. The number of benzene rings is 3. The Hall–Kier alpha value is -4.13. The van der Waals surface area contributed by atoms with E-state index in [1.165, 1.54) is 0 Å². The lowest BCUT2D eigenvalue weighted by Crippen LogP contribution is -2.37. The number of nitrogens with one attached hydrogen (secondary N) is 2. The average Bonchev–Trinajstić information content (AvgIpc) is 3.22. The Labute approximate surface area is 178 Å². The first kappa shape index (κ1) is 18.9. The number of aromatic nitrogens is 2. The van der Waals surface area contributed by atoms with Crippen molar-refractivity contribution in [2.24, 2.45) is 0 Å². The normalized spacial score (nSPS) is 14.3. The highest BCUT2D eigenvalue weighted by molar-refractivity contribution is 6.08. The second kappa shape index (κ2) is 7.95. The highest BCUT2D eigenvalue weighted by atomic mass is 16.5. The molecule has 1 aliphatic rings. The summed E-state index contributed by atoms with van der Waals surface area (Å²) in [4.78, 5) is 29.3. The maximum absolute atomic E-state index is 12.8. The summed E-state index contributed by atoms with van der Waals surface area (Å²) < 4.78 is 8.07. The molecule has 0 saturated heterocycles. The summed E-state index contributed by atoms with van der Waals surface area (Å²) in [6.07, 6.45) is 3.45. The van der Waals surface area contributed by atoms with Gasteiger partial charge in [0.25, 0.3) is 5.91 Å². The van der Waals surface area contributed by atoms with Gasteiger partial charge in [-0.25, -0.2) is 4.98 Å². The molecule has 0 spiro atoms. The molecule has 7 heteroatoms. The molecule has 0 fully saturated rings. The fraction of sp³-hybridized carbons (Fsp3) is 0.125. The van der Waals surface area contributed by atoms with Gasteiger partial charge in [-0.3, -0.25) is 9.59 Å². The third-order valence-electron chi connectivity index (χ3n) is 5.26. The predicted molar refractivity (Wildman–Crippen MR) is 116 cm³/mol. The van der Waals surface area contributed by atoms with E-state index in [0.717, 1.165) is 22.0 Å². The smallest absolute Gasteiger partial charge is 0.252 e. The quantitative estimate of drug-likeness (QED) is 0.464. The van der Waals surface area contributed by atoms with Crippen molar-refractivity contribution < 1.29 is 14.3 Å². The molecule has 1 aliphatic heterocycles. The van der Waals surface area contributed by atoms with E-state index in [9.17, 15) is 9.59 Å². The van der Waals surface area contributed by atoms with Crippen LogP contribution >= 0.6 is 0 Å². The zero-order valence-corrected chi connectivity index (χ0v) is 16.7. The van der Waals surface area contributed by atoms with Gasteiger partial charge in [0, 0.05) is 18.3 Å². The van der Waals surface area contributed by atoms with Crippen molar-refractivity contribution in [1.82, 2.24) is 20.2 Å². The van der Waals surface area contributed by atoms with Crippen LogP contribution in [0.15, 0.2) is 73.2 Å². The minimum Gasteiger partial charge on any atom is -0.457 e. The van der Waals surface area contributed by atoms with Crippen LogP contribution in [0.2, 0.25) is 0 Å². The first-order valence-corrected chi connectivity index (χ1v) is 9.99. The minimum absolute atomic E-state index is 0.111. The van der Waals surface area contributed by atoms with Crippen LogP contribution in [0.1, 0.15) is 21.6 Å². The molecule has 1 aromatic heterocycles. The summed E-state index contributed by atoms with van der Waals surface area (Å²) in [6.45, 7) is 0.808. The van der Waals surface area contributed by atoms with E-state index in [-0.39, 0.29) is 18.4 Å². The van der Waals surface area contributed by atoms with Crippen molar-refractivity contribution in [2.45, 2.75) is 13.1 Å². The molecule has 154 valence electrons. The number of imidazole rings is 1. The van der Waals surface area contributed by atoms with Gasteiger partial charge in [-0.05, 0) is 46.7 Å². The highest BCUT2D eigenvalue weighted by Gasteiger charge is 2.14. The fourth-order valence-corrected chi connectivity index (χ4v) is 3.70. The molecule has 0 aliphatic carbocycles. The SMILES string of the molecule is O=C1CNC(=O)c2cccc3ccc(cc23)Oc2cccc(c2)Cn2cncc2CN1. The number of rotatable bonds is 0. The number of carbonyl (C=O) groups is 2. The molecular weight excluding hydrogens is 392 g/mol. The molecule has 4 bridgehead atoms. The molecule has 0 unspecified atom stereocenters. The second-order valence-electron chi connectivity index (χ2n) is 7.41. The first-order valence-electron chi connectivity index (χ1n) is 9.99. The number of carbonyl (C=O) groups excluding carboxylic acids is 2. The van der Waals surface area contributed by atoms with Gasteiger partial charge in [0.15, 0.2) is 0 Å². The van der Waals surface area contributed by atoms with Crippen molar-refractivity contribution >= 4 is 22.6 Å². The van der Waals surface area contributed by atoms with Crippen LogP contribution in [0.25, 0.3) is 10.8 Å². The van der Waals surface area contributed by atoms with E-state index >= 15 is 0 Å².